The number of piperidine rings is 1. The number of methoxy groups -OCH3 is 1. The number of likely N-dealkylation sites (tertiary alicyclic amines) is 2. The van der Waals surface area contributed by atoms with E-state index in [0.717, 1.165) is 75.4 Å². The van der Waals surface area contributed by atoms with Crippen molar-refractivity contribution in [3.63, 3.8) is 0 Å². The van der Waals surface area contributed by atoms with Crippen LogP contribution in [0.2, 0.25) is 0 Å². The van der Waals surface area contributed by atoms with Gasteiger partial charge in [0.25, 0.3) is 0 Å². The van der Waals surface area contributed by atoms with Crippen LogP contribution in [0.4, 0.5) is 0 Å². The van der Waals surface area contributed by atoms with E-state index in [4.69, 9.17) is 9.15 Å². The summed E-state index contributed by atoms with van der Waals surface area (Å²) in [7, 11) is 1.66. The van der Waals surface area contributed by atoms with Crippen molar-refractivity contribution in [1.82, 2.24) is 14.8 Å². The minimum atomic E-state index is 0.191. The number of hydrogen-bond donors (Lipinski definition) is 0. The Balaban J connectivity index is 1.28. The Hall–Kier alpha value is -2.34. The van der Waals surface area contributed by atoms with Crippen LogP contribution in [0.15, 0.2) is 34.9 Å². The van der Waals surface area contributed by atoms with Gasteiger partial charge in [0.1, 0.15) is 12.0 Å². The number of amides is 1. The second-order valence-corrected chi connectivity index (χ2v) is 8.16. The number of oxazole rings is 1. The van der Waals surface area contributed by atoms with Crippen LogP contribution in [-0.4, -0.2) is 54.0 Å². The first kappa shape index (κ1) is 20.0. The van der Waals surface area contributed by atoms with Crippen LogP contribution in [0.25, 0.3) is 11.5 Å². The number of carbonyl (C=O) groups excluding carboxylic acids is 1. The summed E-state index contributed by atoms with van der Waals surface area (Å²) in [6, 6.07) is 7.72. The van der Waals surface area contributed by atoms with Gasteiger partial charge < -0.3 is 14.1 Å². The minimum Gasteiger partial charge on any atom is -0.497 e. The van der Waals surface area contributed by atoms with Crippen LogP contribution in [0.3, 0.4) is 0 Å². The third-order valence-electron chi connectivity index (χ3n) is 6.13. The van der Waals surface area contributed by atoms with Gasteiger partial charge in [-0.2, -0.15) is 0 Å². The van der Waals surface area contributed by atoms with Crippen LogP contribution in [0.1, 0.15) is 44.2 Å². The zero-order valence-corrected chi connectivity index (χ0v) is 17.3. The van der Waals surface area contributed by atoms with Gasteiger partial charge >= 0.3 is 0 Å². The van der Waals surface area contributed by atoms with Crippen molar-refractivity contribution in [2.45, 2.75) is 45.1 Å². The standard InChI is InChI=1S/C23H31N3O3/c1-28-21-8-6-18(7-9-21)22-24-20(17-29-22)16-25-14-10-19(11-15-25)23(27)26-12-4-2-3-5-13-26/h6-9,17,19H,2-5,10-16H2,1H3. The SMILES string of the molecule is COc1ccc(-c2nc(CN3CCC(C(=O)N4CCCCCC4)CC3)co2)cc1. The van der Waals surface area contributed by atoms with Gasteiger partial charge in [-0.25, -0.2) is 4.98 Å². The molecular formula is C23H31N3O3. The fourth-order valence-electron chi connectivity index (χ4n) is 4.36. The Morgan fingerprint density at radius 3 is 2.41 bits per heavy atom. The summed E-state index contributed by atoms with van der Waals surface area (Å²) in [5.74, 6) is 2.03. The van der Waals surface area contributed by atoms with Crippen molar-refractivity contribution in [2.75, 3.05) is 33.3 Å². The first-order valence-electron chi connectivity index (χ1n) is 10.8. The smallest absolute Gasteiger partial charge is 0.226 e. The molecule has 4 rings (SSSR count). The number of benzene rings is 1. The van der Waals surface area contributed by atoms with Gasteiger partial charge in [-0.3, -0.25) is 9.69 Å². The lowest BCUT2D eigenvalue weighted by Gasteiger charge is -2.33. The van der Waals surface area contributed by atoms with Crippen LogP contribution in [-0.2, 0) is 11.3 Å². The molecule has 0 bridgehead atoms. The number of hydrogen-bond acceptors (Lipinski definition) is 5. The second kappa shape index (κ2) is 9.44. The second-order valence-electron chi connectivity index (χ2n) is 8.16. The van der Waals surface area contributed by atoms with Crippen LogP contribution >= 0.6 is 0 Å². The van der Waals surface area contributed by atoms with Crippen molar-refractivity contribution >= 4 is 5.91 Å². The molecule has 29 heavy (non-hydrogen) atoms. The molecular weight excluding hydrogens is 366 g/mol. The maximum Gasteiger partial charge on any atom is 0.226 e. The quantitative estimate of drug-likeness (QED) is 0.764. The van der Waals surface area contributed by atoms with Crippen LogP contribution in [0, 0.1) is 5.92 Å². The van der Waals surface area contributed by atoms with Gasteiger partial charge in [-0.1, -0.05) is 12.8 Å². The summed E-state index contributed by atoms with van der Waals surface area (Å²) in [6.07, 6.45) is 8.47. The van der Waals surface area contributed by atoms with E-state index in [9.17, 15) is 4.79 Å². The Bertz CT molecular complexity index is 786. The Kier molecular flexibility index (Phi) is 6.49. The highest BCUT2D eigenvalue weighted by molar-refractivity contribution is 5.79. The molecule has 1 aromatic heterocycles. The predicted molar refractivity (Wildman–Crippen MR) is 112 cm³/mol. The van der Waals surface area contributed by atoms with Gasteiger partial charge in [-0.15, -0.1) is 0 Å². The highest BCUT2D eigenvalue weighted by atomic mass is 16.5. The summed E-state index contributed by atoms with van der Waals surface area (Å²) in [6.45, 7) is 4.55. The molecule has 1 amide bonds. The summed E-state index contributed by atoms with van der Waals surface area (Å²) in [5.41, 5.74) is 1.88. The molecule has 0 radical (unpaired) electrons. The van der Waals surface area contributed by atoms with Crippen molar-refractivity contribution in [2.24, 2.45) is 5.92 Å². The summed E-state index contributed by atoms with van der Waals surface area (Å²) in [5, 5.41) is 0. The minimum absolute atomic E-state index is 0.191. The van der Waals surface area contributed by atoms with E-state index in [-0.39, 0.29) is 5.92 Å². The average molecular weight is 398 g/mol. The first-order valence-corrected chi connectivity index (χ1v) is 10.8. The molecule has 2 saturated heterocycles. The number of ether oxygens (including phenoxy) is 1. The Morgan fingerprint density at radius 2 is 1.76 bits per heavy atom. The predicted octanol–water partition coefficient (Wildman–Crippen LogP) is 3.96. The monoisotopic (exact) mass is 397 g/mol. The number of nitrogens with zero attached hydrogens (tertiary/aromatic N) is 3. The lowest BCUT2D eigenvalue weighted by Crippen LogP contribution is -2.42. The van der Waals surface area contributed by atoms with E-state index < -0.39 is 0 Å². The highest BCUT2D eigenvalue weighted by Gasteiger charge is 2.29. The molecule has 6 heteroatoms. The Labute approximate surface area is 172 Å². The molecule has 3 heterocycles. The summed E-state index contributed by atoms with van der Waals surface area (Å²) < 4.78 is 10.9. The number of rotatable bonds is 5. The molecule has 0 aliphatic carbocycles. The van der Waals surface area contributed by atoms with Gasteiger partial charge in [0.15, 0.2) is 0 Å². The number of carbonyl (C=O) groups is 1. The third-order valence-corrected chi connectivity index (χ3v) is 6.13. The highest BCUT2D eigenvalue weighted by Crippen LogP contribution is 2.25. The van der Waals surface area contributed by atoms with Crippen molar-refractivity contribution in [3.8, 4) is 17.2 Å². The van der Waals surface area contributed by atoms with Gasteiger partial charge in [0.2, 0.25) is 11.8 Å². The molecule has 2 aliphatic heterocycles. The van der Waals surface area contributed by atoms with Crippen LogP contribution < -0.4 is 4.74 Å². The van der Waals surface area contributed by atoms with Gasteiger partial charge in [0, 0.05) is 31.1 Å². The van der Waals surface area contributed by atoms with Gasteiger partial charge in [0.05, 0.1) is 12.8 Å². The average Bonchev–Trinajstić information content (AvgIpc) is 3.06. The molecule has 0 spiro atoms. The molecule has 0 unspecified atom stereocenters. The van der Waals surface area contributed by atoms with Gasteiger partial charge in [-0.05, 0) is 63.0 Å². The van der Waals surface area contributed by atoms with E-state index in [1.807, 2.05) is 24.3 Å². The molecule has 2 aromatic rings. The zero-order chi connectivity index (χ0) is 20.1. The molecule has 0 N–H and O–H groups in total. The lowest BCUT2D eigenvalue weighted by molar-refractivity contribution is -0.137. The van der Waals surface area contributed by atoms with Crippen molar-refractivity contribution in [3.05, 3.63) is 36.2 Å². The van der Waals surface area contributed by atoms with E-state index in [1.54, 1.807) is 13.4 Å². The molecule has 0 atom stereocenters. The normalized spacial score (nSPS) is 19.1. The third kappa shape index (κ3) is 4.99. The van der Waals surface area contributed by atoms with Crippen molar-refractivity contribution in [1.29, 1.82) is 0 Å². The lowest BCUT2D eigenvalue weighted by atomic mass is 9.95. The summed E-state index contributed by atoms with van der Waals surface area (Å²) >= 11 is 0. The fourth-order valence-corrected chi connectivity index (χ4v) is 4.36. The molecule has 2 aliphatic rings. The fraction of sp³-hybridized carbons (Fsp3) is 0.565. The molecule has 0 saturated carbocycles. The molecule has 1 aromatic carbocycles. The molecule has 6 nitrogen and oxygen atoms in total. The first-order chi connectivity index (χ1) is 14.2. The van der Waals surface area contributed by atoms with E-state index in [1.165, 1.54) is 12.8 Å². The van der Waals surface area contributed by atoms with Crippen LogP contribution in [0.5, 0.6) is 5.75 Å². The Morgan fingerprint density at radius 1 is 1.07 bits per heavy atom. The van der Waals surface area contributed by atoms with E-state index in [0.29, 0.717) is 11.8 Å². The zero-order valence-electron chi connectivity index (χ0n) is 17.3. The topological polar surface area (TPSA) is 58.8 Å². The number of aromatic nitrogens is 1. The summed E-state index contributed by atoms with van der Waals surface area (Å²) in [4.78, 5) is 22.0. The largest absolute Gasteiger partial charge is 0.497 e. The molecule has 2 fully saturated rings. The van der Waals surface area contributed by atoms with E-state index in [2.05, 4.69) is 14.8 Å². The van der Waals surface area contributed by atoms with E-state index >= 15 is 0 Å². The maximum absolute atomic E-state index is 12.8. The maximum atomic E-state index is 12.8. The van der Waals surface area contributed by atoms with Crippen molar-refractivity contribution < 1.29 is 13.9 Å². The molecule has 156 valence electrons.